The molecule has 0 spiro atoms. The molecule has 4 aromatic rings. The van der Waals surface area contributed by atoms with E-state index in [0.29, 0.717) is 12.2 Å². The SMILES string of the molecule is Cc1cccc(C(Nc2cnn(Cc3ccccc3)c(=O)c2Cl)c2ccccn2)c1. The van der Waals surface area contributed by atoms with E-state index in [1.165, 1.54) is 4.68 Å². The van der Waals surface area contributed by atoms with E-state index >= 15 is 0 Å². The van der Waals surface area contributed by atoms with Gasteiger partial charge in [0.2, 0.25) is 0 Å². The van der Waals surface area contributed by atoms with Crippen LogP contribution in [0.5, 0.6) is 0 Å². The number of nitrogens with zero attached hydrogens (tertiary/aromatic N) is 3. The van der Waals surface area contributed by atoms with E-state index in [9.17, 15) is 4.79 Å². The number of aryl methyl sites for hydroxylation is 1. The van der Waals surface area contributed by atoms with Crippen molar-refractivity contribution >= 4 is 17.3 Å². The van der Waals surface area contributed by atoms with E-state index in [2.05, 4.69) is 21.5 Å². The number of rotatable bonds is 6. The maximum Gasteiger partial charge on any atom is 0.287 e. The van der Waals surface area contributed by atoms with Crippen LogP contribution in [0, 0.1) is 6.92 Å². The van der Waals surface area contributed by atoms with E-state index in [4.69, 9.17) is 11.6 Å². The molecule has 0 fully saturated rings. The summed E-state index contributed by atoms with van der Waals surface area (Å²) in [6, 6.07) is 23.3. The lowest BCUT2D eigenvalue weighted by atomic mass is 10.0. The van der Waals surface area contributed by atoms with Crippen LogP contribution < -0.4 is 10.9 Å². The lowest BCUT2D eigenvalue weighted by Crippen LogP contribution is -2.25. The van der Waals surface area contributed by atoms with Gasteiger partial charge in [-0.15, -0.1) is 0 Å². The molecule has 0 radical (unpaired) electrons. The number of anilines is 1. The molecule has 2 aromatic carbocycles. The first-order valence-electron chi connectivity index (χ1n) is 9.65. The first-order valence-corrected chi connectivity index (χ1v) is 10.0. The van der Waals surface area contributed by atoms with Crippen molar-refractivity contribution in [2.45, 2.75) is 19.5 Å². The van der Waals surface area contributed by atoms with Crippen molar-refractivity contribution in [2.24, 2.45) is 0 Å². The van der Waals surface area contributed by atoms with Crippen LogP contribution in [0.25, 0.3) is 0 Å². The molecule has 0 amide bonds. The summed E-state index contributed by atoms with van der Waals surface area (Å²) in [5.41, 5.74) is 4.11. The molecule has 0 bridgehead atoms. The Labute approximate surface area is 180 Å². The number of pyridine rings is 1. The Kier molecular flexibility index (Phi) is 5.91. The van der Waals surface area contributed by atoms with Gasteiger partial charge in [0.05, 0.1) is 30.2 Å². The molecule has 150 valence electrons. The molecule has 0 saturated heterocycles. The molecule has 1 atom stereocenters. The summed E-state index contributed by atoms with van der Waals surface area (Å²) in [4.78, 5) is 17.3. The highest BCUT2D eigenvalue weighted by atomic mass is 35.5. The Morgan fingerprint density at radius 3 is 2.57 bits per heavy atom. The highest BCUT2D eigenvalue weighted by Crippen LogP contribution is 2.28. The van der Waals surface area contributed by atoms with Crippen molar-refractivity contribution in [1.82, 2.24) is 14.8 Å². The summed E-state index contributed by atoms with van der Waals surface area (Å²) in [6.45, 7) is 2.40. The van der Waals surface area contributed by atoms with Crippen molar-refractivity contribution in [3.8, 4) is 0 Å². The van der Waals surface area contributed by atoms with E-state index in [0.717, 1.165) is 22.4 Å². The molecule has 4 rings (SSSR count). The van der Waals surface area contributed by atoms with Crippen LogP contribution in [0.4, 0.5) is 5.69 Å². The number of nitrogens with one attached hydrogen (secondary N) is 1. The topological polar surface area (TPSA) is 59.8 Å². The zero-order chi connectivity index (χ0) is 20.9. The van der Waals surface area contributed by atoms with E-state index in [1.807, 2.05) is 73.7 Å². The van der Waals surface area contributed by atoms with Crippen molar-refractivity contribution in [3.05, 3.63) is 123 Å². The van der Waals surface area contributed by atoms with Crippen molar-refractivity contribution in [1.29, 1.82) is 0 Å². The van der Waals surface area contributed by atoms with E-state index in [1.54, 1.807) is 12.4 Å². The standard InChI is InChI=1S/C24H21ClN4O/c1-17-8-7-11-19(14-17)23(20-12-5-6-13-26-20)28-21-15-27-29(24(30)22(21)25)16-18-9-3-2-4-10-18/h2-15,23,28H,16H2,1H3. The molecular weight excluding hydrogens is 396 g/mol. The minimum Gasteiger partial charge on any atom is -0.370 e. The molecule has 5 nitrogen and oxygen atoms in total. The average Bonchev–Trinajstić information content (AvgIpc) is 2.78. The normalized spacial score (nSPS) is 11.8. The Hall–Kier alpha value is -3.44. The Morgan fingerprint density at radius 1 is 1.03 bits per heavy atom. The Bertz CT molecular complexity index is 1190. The molecule has 6 heteroatoms. The summed E-state index contributed by atoms with van der Waals surface area (Å²) in [5.74, 6) is 0. The lowest BCUT2D eigenvalue weighted by Gasteiger charge is -2.21. The quantitative estimate of drug-likeness (QED) is 0.488. The molecule has 0 aliphatic carbocycles. The van der Waals surface area contributed by atoms with E-state index in [-0.39, 0.29) is 16.6 Å². The summed E-state index contributed by atoms with van der Waals surface area (Å²) in [5, 5.41) is 7.80. The minimum absolute atomic E-state index is 0.106. The first kappa shape index (κ1) is 19.9. The van der Waals surface area contributed by atoms with Gasteiger partial charge in [0.25, 0.3) is 5.56 Å². The summed E-state index contributed by atoms with van der Waals surface area (Å²) >= 11 is 6.46. The maximum atomic E-state index is 12.8. The van der Waals surface area contributed by atoms with Gasteiger partial charge >= 0.3 is 0 Å². The van der Waals surface area contributed by atoms with Crippen LogP contribution in [0.3, 0.4) is 0 Å². The third-order valence-corrected chi connectivity index (χ3v) is 5.18. The summed E-state index contributed by atoms with van der Waals surface area (Å²) < 4.78 is 1.37. The molecule has 0 saturated carbocycles. The summed E-state index contributed by atoms with van der Waals surface area (Å²) in [7, 11) is 0. The molecule has 2 aromatic heterocycles. The molecule has 1 N–H and O–H groups in total. The fourth-order valence-electron chi connectivity index (χ4n) is 3.31. The van der Waals surface area contributed by atoms with Gasteiger partial charge < -0.3 is 5.32 Å². The fourth-order valence-corrected chi connectivity index (χ4v) is 3.52. The summed E-state index contributed by atoms with van der Waals surface area (Å²) in [6.07, 6.45) is 3.34. The number of hydrogen-bond donors (Lipinski definition) is 1. The molecule has 0 aliphatic heterocycles. The highest BCUT2D eigenvalue weighted by molar-refractivity contribution is 6.32. The monoisotopic (exact) mass is 416 g/mol. The number of aromatic nitrogens is 3. The van der Waals surface area contributed by atoms with E-state index < -0.39 is 0 Å². The highest BCUT2D eigenvalue weighted by Gasteiger charge is 2.19. The largest absolute Gasteiger partial charge is 0.370 e. The van der Waals surface area contributed by atoms with Gasteiger partial charge in [-0.1, -0.05) is 77.8 Å². The second kappa shape index (κ2) is 8.93. The van der Waals surface area contributed by atoms with Crippen LogP contribution in [0.15, 0.2) is 90.0 Å². The van der Waals surface area contributed by atoms with Crippen molar-refractivity contribution in [3.63, 3.8) is 0 Å². The average molecular weight is 417 g/mol. The molecule has 0 aliphatic rings. The zero-order valence-corrected chi connectivity index (χ0v) is 17.3. The van der Waals surface area contributed by atoms with Crippen LogP contribution in [0.2, 0.25) is 5.02 Å². The maximum absolute atomic E-state index is 12.8. The Morgan fingerprint density at radius 2 is 1.83 bits per heavy atom. The third-order valence-electron chi connectivity index (χ3n) is 4.82. The Balaban J connectivity index is 1.68. The fraction of sp³-hybridized carbons (Fsp3) is 0.125. The van der Waals surface area contributed by atoms with Crippen molar-refractivity contribution in [2.75, 3.05) is 5.32 Å². The van der Waals surface area contributed by atoms with Crippen LogP contribution in [0.1, 0.15) is 28.4 Å². The smallest absolute Gasteiger partial charge is 0.287 e. The van der Waals surface area contributed by atoms with Crippen LogP contribution in [-0.2, 0) is 6.54 Å². The predicted octanol–water partition coefficient (Wildman–Crippen LogP) is 4.85. The molecule has 1 unspecified atom stereocenters. The zero-order valence-electron chi connectivity index (χ0n) is 16.5. The van der Waals surface area contributed by atoms with Gasteiger partial charge in [0.15, 0.2) is 0 Å². The van der Waals surface area contributed by atoms with Gasteiger partial charge in [-0.05, 0) is 30.2 Å². The predicted molar refractivity (Wildman–Crippen MR) is 120 cm³/mol. The van der Waals surface area contributed by atoms with Gasteiger partial charge in [-0.2, -0.15) is 5.10 Å². The van der Waals surface area contributed by atoms with Gasteiger partial charge in [-0.3, -0.25) is 9.78 Å². The van der Waals surface area contributed by atoms with Gasteiger partial charge in [-0.25, -0.2) is 4.68 Å². The van der Waals surface area contributed by atoms with Crippen molar-refractivity contribution < 1.29 is 0 Å². The van der Waals surface area contributed by atoms with Gasteiger partial charge in [0, 0.05) is 6.20 Å². The second-order valence-corrected chi connectivity index (χ2v) is 7.44. The number of halogens is 1. The molecular formula is C24H21ClN4O. The minimum atomic E-state index is -0.338. The second-order valence-electron chi connectivity index (χ2n) is 7.07. The number of hydrogen-bond acceptors (Lipinski definition) is 4. The molecule has 2 heterocycles. The lowest BCUT2D eigenvalue weighted by molar-refractivity contribution is 0.639. The first-order chi connectivity index (χ1) is 14.6. The number of benzene rings is 2. The third kappa shape index (κ3) is 4.42. The molecule has 30 heavy (non-hydrogen) atoms. The van der Waals surface area contributed by atoms with Gasteiger partial charge in [0.1, 0.15) is 5.02 Å². The van der Waals surface area contributed by atoms with Crippen LogP contribution in [-0.4, -0.2) is 14.8 Å². The van der Waals surface area contributed by atoms with Crippen LogP contribution >= 0.6 is 11.6 Å².